The number of hydrogen-bond donors (Lipinski definition) is 1. The van der Waals surface area contributed by atoms with Crippen molar-refractivity contribution < 1.29 is 13.5 Å². The van der Waals surface area contributed by atoms with Gasteiger partial charge in [-0.25, -0.2) is 8.78 Å². The average Bonchev–Trinajstić information content (AvgIpc) is 2.18. The summed E-state index contributed by atoms with van der Waals surface area (Å²) in [6.45, 7) is 0.305. The summed E-state index contributed by atoms with van der Waals surface area (Å²) in [5, 5.41) is 0. The number of rotatable bonds is 3. The quantitative estimate of drug-likeness (QED) is 0.807. The Bertz CT molecular complexity index is 350. The third-order valence-electron chi connectivity index (χ3n) is 1.72. The molecule has 4 heteroatoms. The van der Waals surface area contributed by atoms with E-state index < -0.39 is 11.6 Å². The number of methoxy groups -OCH3 is 1. The van der Waals surface area contributed by atoms with Gasteiger partial charge in [0.15, 0.2) is 17.4 Å². The lowest BCUT2D eigenvalue weighted by molar-refractivity contribution is 0.359. The Kier molecular flexibility index (Phi) is 3.59. The number of ether oxygens (including phenoxy) is 1. The van der Waals surface area contributed by atoms with Gasteiger partial charge >= 0.3 is 0 Å². The van der Waals surface area contributed by atoms with Gasteiger partial charge in [0.1, 0.15) is 0 Å². The minimum atomic E-state index is -0.713. The van der Waals surface area contributed by atoms with Crippen LogP contribution in [0, 0.1) is 11.6 Å². The van der Waals surface area contributed by atoms with E-state index in [-0.39, 0.29) is 11.3 Å². The molecule has 0 saturated carbocycles. The Morgan fingerprint density at radius 1 is 1.43 bits per heavy atom. The topological polar surface area (TPSA) is 35.2 Å². The SMILES string of the molecule is COc1c(F)ccc(/C=C/CN)c1F. The second-order valence-electron chi connectivity index (χ2n) is 2.62. The van der Waals surface area contributed by atoms with Crippen molar-refractivity contribution >= 4 is 6.08 Å². The van der Waals surface area contributed by atoms with Gasteiger partial charge in [-0.1, -0.05) is 12.2 Å². The molecule has 0 atom stereocenters. The maximum atomic E-state index is 13.4. The van der Waals surface area contributed by atoms with Crippen LogP contribution in [-0.2, 0) is 0 Å². The van der Waals surface area contributed by atoms with E-state index in [9.17, 15) is 8.78 Å². The smallest absolute Gasteiger partial charge is 0.190 e. The van der Waals surface area contributed by atoms with Gasteiger partial charge in [-0.05, 0) is 12.1 Å². The molecule has 0 bridgehead atoms. The second-order valence-corrected chi connectivity index (χ2v) is 2.62. The Balaban J connectivity index is 3.14. The highest BCUT2D eigenvalue weighted by Crippen LogP contribution is 2.24. The van der Waals surface area contributed by atoms with Crippen LogP contribution >= 0.6 is 0 Å². The highest BCUT2D eigenvalue weighted by atomic mass is 19.1. The maximum Gasteiger partial charge on any atom is 0.190 e. The summed E-state index contributed by atoms with van der Waals surface area (Å²) < 4.78 is 30.9. The van der Waals surface area contributed by atoms with E-state index in [1.54, 1.807) is 6.08 Å². The molecule has 0 saturated heterocycles. The predicted octanol–water partition coefficient (Wildman–Crippen LogP) is 1.95. The molecule has 0 aromatic heterocycles. The lowest BCUT2D eigenvalue weighted by Gasteiger charge is -2.05. The van der Waals surface area contributed by atoms with Crippen LogP contribution in [0.4, 0.5) is 8.78 Å². The summed E-state index contributed by atoms with van der Waals surface area (Å²) in [5.41, 5.74) is 5.47. The van der Waals surface area contributed by atoms with Crippen LogP contribution < -0.4 is 10.5 Å². The van der Waals surface area contributed by atoms with Gasteiger partial charge in [-0.3, -0.25) is 0 Å². The van der Waals surface area contributed by atoms with Gasteiger partial charge in [-0.2, -0.15) is 0 Å². The fourth-order valence-corrected chi connectivity index (χ4v) is 1.06. The summed E-state index contributed by atoms with van der Waals surface area (Å²) in [5.74, 6) is -1.80. The number of hydrogen-bond acceptors (Lipinski definition) is 2. The minimum Gasteiger partial charge on any atom is -0.491 e. The van der Waals surface area contributed by atoms with Crippen LogP contribution in [0.3, 0.4) is 0 Å². The largest absolute Gasteiger partial charge is 0.491 e. The van der Waals surface area contributed by atoms with Crippen molar-refractivity contribution in [2.75, 3.05) is 13.7 Å². The molecular formula is C10H11F2NO. The van der Waals surface area contributed by atoms with Crippen LogP contribution in [0.25, 0.3) is 6.08 Å². The number of benzene rings is 1. The monoisotopic (exact) mass is 199 g/mol. The number of nitrogens with two attached hydrogens (primary N) is 1. The van der Waals surface area contributed by atoms with E-state index in [0.29, 0.717) is 6.54 Å². The standard InChI is InChI=1S/C10H11F2NO/c1-14-10-8(11)5-4-7(9(10)12)3-2-6-13/h2-5H,6,13H2,1H3/b3-2+. The molecule has 0 aliphatic carbocycles. The van der Waals surface area contributed by atoms with E-state index in [0.717, 1.165) is 6.07 Å². The van der Waals surface area contributed by atoms with Gasteiger partial charge in [-0.15, -0.1) is 0 Å². The first-order valence-corrected chi connectivity index (χ1v) is 4.09. The highest BCUT2D eigenvalue weighted by Gasteiger charge is 2.11. The molecule has 1 aromatic carbocycles. The van der Waals surface area contributed by atoms with Crippen molar-refractivity contribution in [3.05, 3.63) is 35.4 Å². The molecule has 76 valence electrons. The lowest BCUT2D eigenvalue weighted by Crippen LogP contribution is -1.96. The molecule has 0 spiro atoms. The third-order valence-corrected chi connectivity index (χ3v) is 1.72. The van der Waals surface area contributed by atoms with Crippen molar-refractivity contribution in [2.24, 2.45) is 5.73 Å². The van der Waals surface area contributed by atoms with Gasteiger partial charge < -0.3 is 10.5 Å². The molecular weight excluding hydrogens is 188 g/mol. The first kappa shape index (κ1) is 10.7. The fourth-order valence-electron chi connectivity index (χ4n) is 1.06. The third kappa shape index (κ3) is 2.09. The molecule has 0 radical (unpaired) electrons. The molecule has 0 aliphatic rings. The minimum absolute atomic E-state index is 0.258. The highest BCUT2D eigenvalue weighted by molar-refractivity contribution is 5.53. The zero-order valence-corrected chi connectivity index (χ0v) is 7.76. The summed E-state index contributed by atoms with van der Waals surface area (Å²) in [7, 11) is 1.22. The van der Waals surface area contributed by atoms with Crippen LogP contribution in [0.15, 0.2) is 18.2 Å². The summed E-state index contributed by atoms with van der Waals surface area (Å²) >= 11 is 0. The zero-order chi connectivity index (χ0) is 10.6. The summed E-state index contributed by atoms with van der Waals surface area (Å²) in [4.78, 5) is 0. The average molecular weight is 199 g/mol. The molecule has 0 unspecified atom stereocenters. The van der Waals surface area contributed by atoms with Crippen molar-refractivity contribution in [1.82, 2.24) is 0 Å². The molecule has 1 aromatic rings. The van der Waals surface area contributed by atoms with Gasteiger partial charge in [0.2, 0.25) is 0 Å². The van der Waals surface area contributed by atoms with Gasteiger partial charge in [0.05, 0.1) is 7.11 Å². The first-order valence-electron chi connectivity index (χ1n) is 4.09. The van der Waals surface area contributed by atoms with E-state index in [4.69, 9.17) is 5.73 Å². The lowest BCUT2D eigenvalue weighted by atomic mass is 10.2. The molecule has 2 N–H and O–H groups in total. The number of halogens is 2. The normalized spacial score (nSPS) is 10.9. The van der Waals surface area contributed by atoms with Crippen LogP contribution in [-0.4, -0.2) is 13.7 Å². The maximum absolute atomic E-state index is 13.4. The van der Waals surface area contributed by atoms with Crippen LogP contribution in [0.5, 0.6) is 5.75 Å². The van der Waals surface area contributed by atoms with E-state index in [2.05, 4.69) is 4.74 Å². The van der Waals surface area contributed by atoms with Crippen LogP contribution in [0.2, 0.25) is 0 Å². The van der Waals surface area contributed by atoms with E-state index in [1.807, 2.05) is 0 Å². The van der Waals surface area contributed by atoms with Crippen molar-refractivity contribution in [3.63, 3.8) is 0 Å². The molecule has 1 rings (SSSR count). The molecule has 0 heterocycles. The molecule has 0 aliphatic heterocycles. The summed E-state index contributed by atoms with van der Waals surface area (Å²) in [6.07, 6.45) is 3.06. The van der Waals surface area contributed by atoms with Crippen molar-refractivity contribution in [1.29, 1.82) is 0 Å². The molecule has 0 amide bonds. The first-order chi connectivity index (χ1) is 6.70. The van der Waals surface area contributed by atoms with Gasteiger partial charge in [0.25, 0.3) is 0 Å². The van der Waals surface area contributed by atoms with Crippen LogP contribution in [0.1, 0.15) is 5.56 Å². The Morgan fingerprint density at radius 3 is 2.71 bits per heavy atom. The molecule has 2 nitrogen and oxygen atoms in total. The van der Waals surface area contributed by atoms with E-state index in [1.165, 1.54) is 19.3 Å². The zero-order valence-electron chi connectivity index (χ0n) is 7.76. The Labute approximate surface area is 81.0 Å². The van der Waals surface area contributed by atoms with E-state index >= 15 is 0 Å². The molecule has 0 fully saturated rings. The predicted molar refractivity (Wildman–Crippen MR) is 51.0 cm³/mol. The molecule has 14 heavy (non-hydrogen) atoms. The van der Waals surface area contributed by atoms with Gasteiger partial charge in [0, 0.05) is 12.1 Å². The van der Waals surface area contributed by atoms with Crippen molar-refractivity contribution in [2.45, 2.75) is 0 Å². The Hall–Kier alpha value is -1.42. The Morgan fingerprint density at radius 2 is 2.14 bits per heavy atom. The summed E-state index contributed by atoms with van der Waals surface area (Å²) in [6, 6.07) is 2.48. The second kappa shape index (κ2) is 4.72. The fraction of sp³-hybridized carbons (Fsp3) is 0.200. The van der Waals surface area contributed by atoms with Crippen molar-refractivity contribution in [3.8, 4) is 5.75 Å².